The third-order valence-corrected chi connectivity index (χ3v) is 7.13. The molecule has 36 heavy (non-hydrogen) atoms. The molecule has 2 aromatic carbocycles. The van der Waals surface area contributed by atoms with E-state index in [9.17, 15) is 10.1 Å². The fourth-order valence-corrected chi connectivity index (χ4v) is 5.26. The number of aryl methyl sites for hydroxylation is 2. The average molecular weight is 481 g/mol. The molecule has 1 N–H and O–H groups in total. The Morgan fingerprint density at radius 2 is 1.72 bits per heavy atom. The van der Waals surface area contributed by atoms with Crippen molar-refractivity contribution in [1.82, 2.24) is 4.90 Å². The van der Waals surface area contributed by atoms with Crippen LogP contribution < -0.4 is 0 Å². The number of nitriles is 1. The summed E-state index contributed by atoms with van der Waals surface area (Å²) in [6.45, 7) is 11.0. The number of amides is 1. The molecule has 0 spiro atoms. The van der Waals surface area contributed by atoms with Gasteiger partial charge in [0.05, 0.1) is 17.6 Å². The summed E-state index contributed by atoms with van der Waals surface area (Å²) >= 11 is 0. The maximum absolute atomic E-state index is 13.5. The number of likely N-dealkylation sites (tertiary alicyclic amines) is 1. The molecule has 3 atom stereocenters. The molecule has 0 aromatic heterocycles. The van der Waals surface area contributed by atoms with E-state index >= 15 is 0 Å². The van der Waals surface area contributed by atoms with Crippen LogP contribution in [-0.2, 0) is 4.79 Å². The first kappa shape index (κ1) is 26.9. The molecule has 2 aliphatic rings. The zero-order chi connectivity index (χ0) is 26.2. The number of fused-ring (bicyclic) bond motifs is 1. The van der Waals surface area contributed by atoms with Crippen LogP contribution in [-0.4, -0.2) is 36.1 Å². The third-order valence-electron chi connectivity index (χ3n) is 7.13. The number of carbonyl (C=O) groups excluding carboxylic acids is 1. The van der Waals surface area contributed by atoms with Gasteiger partial charge >= 0.3 is 0 Å². The molecule has 186 valence electrons. The number of allylic oxidation sites excluding steroid dienone is 4. The van der Waals surface area contributed by atoms with Crippen molar-refractivity contribution < 1.29 is 9.90 Å². The van der Waals surface area contributed by atoms with E-state index in [1.54, 1.807) is 12.2 Å². The first-order valence-electron chi connectivity index (χ1n) is 12.4. The van der Waals surface area contributed by atoms with Crippen molar-refractivity contribution in [1.29, 1.82) is 5.26 Å². The van der Waals surface area contributed by atoms with Crippen LogP contribution in [0.5, 0.6) is 0 Å². The monoisotopic (exact) mass is 480 g/mol. The van der Waals surface area contributed by atoms with Gasteiger partial charge < -0.3 is 10.0 Å². The summed E-state index contributed by atoms with van der Waals surface area (Å²) in [6, 6.07) is 19.7. The van der Waals surface area contributed by atoms with Crippen molar-refractivity contribution >= 4 is 11.5 Å². The van der Waals surface area contributed by atoms with E-state index in [1.165, 1.54) is 27.8 Å². The summed E-state index contributed by atoms with van der Waals surface area (Å²) in [5.74, 6) is 0.541. The molecular formula is C32H36N2O2. The van der Waals surface area contributed by atoms with Crippen LogP contribution in [0.4, 0.5) is 0 Å². The summed E-state index contributed by atoms with van der Waals surface area (Å²) in [7, 11) is 1.00. The molecule has 0 radical (unpaired) electrons. The van der Waals surface area contributed by atoms with Crippen molar-refractivity contribution in [2.75, 3.05) is 20.2 Å². The van der Waals surface area contributed by atoms with Crippen LogP contribution in [0.15, 0.2) is 90.6 Å². The smallest absolute Gasteiger partial charge is 0.230 e. The number of hydrogen-bond acceptors (Lipinski definition) is 3. The number of benzene rings is 2. The second kappa shape index (κ2) is 12.3. The Hall–Kier alpha value is -3.68. The van der Waals surface area contributed by atoms with E-state index in [1.807, 2.05) is 17.9 Å². The quantitative estimate of drug-likeness (QED) is 0.399. The summed E-state index contributed by atoms with van der Waals surface area (Å²) in [6.07, 6.45) is 8.49. The van der Waals surface area contributed by atoms with Crippen LogP contribution in [0.2, 0.25) is 0 Å². The van der Waals surface area contributed by atoms with Gasteiger partial charge in [-0.15, -0.1) is 0 Å². The van der Waals surface area contributed by atoms with Gasteiger partial charge in [0.25, 0.3) is 0 Å². The van der Waals surface area contributed by atoms with Gasteiger partial charge in [-0.3, -0.25) is 4.79 Å². The molecule has 4 heteroatoms. The molecular weight excluding hydrogens is 444 g/mol. The first-order valence-corrected chi connectivity index (χ1v) is 12.4. The Kier molecular flexibility index (Phi) is 9.22. The highest BCUT2D eigenvalue weighted by molar-refractivity contribution is 5.88. The second-order valence-corrected chi connectivity index (χ2v) is 9.43. The Morgan fingerprint density at radius 3 is 2.28 bits per heavy atom. The van der Waals surface area contributed by atoms with E-state index < -0.39 is 0 Å². The topological polar surface area (TPSA) is 64.3 Å². The van der Waals surface area contributed by atoms with Crippen molar-refractivity contribution in [2.24, 2.45) is 11.8 Å². The van der Waals surface area contributed by atoms with Gasteiger partial charge in [-0.1, -0.05) is 90.5 Å². The lowest BCUT2D eigenvalue weighted by atomic mass is 9.71. The van der Waals surface area contributed by atoms with Crippen LogP contribution >= 0.6 is 0 Å². The standard InChI is InChI=1S/C31H32N2O.CH4O/c1-5-7-26(23(6-2)18-32)19-33-20-27-16-28(24-12-8-21(3)9-13-24)29(17-30(27)31(33)34)25-14-10-22(4)11-15-25;1-2/h5-15,17,27-28,30H,1,16,19-20H2,2-4H3;2H,1H3/b23-6-,26-7-;. The number of carbonyl (C=O) groups is 1. The highest BCUT2D eigenvalue weighted by atomic mass is 16.2. The van der Waals surface area contributed by atoms with Gasteiger partial charge in [0.2, 0.25) is 5.91 Å². The van der Waals surface area contributed by atoms with Gasteiger partial charge in [-0.2, -0.15) is 5.26 Å². The number of rotatable bonds is 6. The minimum Gasteiger partial charge on any atom is -0.400 e. The lowest BCUT2D eigenvalue weighted by molar-refractivity contribution is -0.129. The van der Waals surface area contributed by atoms with Gasteiger partial charge in [0.15, 0.2) is 0 Å². The maximum atomic E-state index is 13.5. The zero-order valence-electron chi connectivity index (χ0n) is 21.7. The molecule has 1 saturated heterocycles. The maximum Gasteiger partial charge on any atom is 0.230 e. The molecule has 2 aromatic rings. The molecule has 1 heterocycles. The van der Waals surface area contributed by atoms with Crippen LogP contribution in [0, 0.1) is 37.0 Å². The third kappa shape index (κ3) is 5.75. The van der Waals surface area contributed by atoms with E-state index in [-0.39, 0.29) is 23.7 Å². The molecule has 1 aliphatic carbocycles. The SMILES string of the molecule is C=C/C=C(CN1CC2CC(c3ccc(C)cc3)C(c3ccc(C)cc3)=CC2C1=O)\C(C#N)=C/C.CO. The lowest BCUT2D eigenvalue weighted by Gasteiger charge is -2.31. The fraction of sp³-hybridized carbons (Fsp3) is 0.312. The van der Waals surface area contributed by atoms with Crippen LogP contribution in [0.3, 0.4) is 0 Å². The molecule has 1 aliphatic heterocycles. The summed E-state index contributed by atoms with van der Waals surface area (Å²) < 4.78 is 0. The normalized spacial score (nSPS) is 21.7. The lowest BCUT2D eigenvalue weighted by Crippen LogP contribution is -2.29. The summed E-state index contributed by atoms with van der Waals surface area (Å²) in [5, 5.41) is 16.5. The fourth-order valence-electron chi connectivity index (χ4n) is 5.26. The van der Waals surface area contributed by atoms with Crippen molar-refractivity contribution in [3.05, 3.63) is 113 Å². The Morgan fingerprint density at radius 1 is 1.11 bits per heavy atom. The summed E-state index contributed by atoms with van der Waals surface area (Å²) in [4.78, 5) is 15.4. The predicted octanol–water partition coefficient (Wildman–Crippen LogP) is 6.14. The largest absolute Gasteiger partial charge is 0.400 e. The molecule has 3 unspecified atom stereocenters. The van der Waals surface area contributed by atoms with Crippen molar-refractivity contribution in [3.63, 3.8) is 0 Å². The van der Waals surface area contributed by atoms with Gasteiger partial charge in [-0.05, 0) is 55.4 Å². The molecule has 0 saturated carbocycles. The molecule has 4 nitrogen and oxygen atoms in total. The Balaban J connectivity index is 0.00000176. The van der Waals surface area contributed by atoms with E-state index in [4.69, 9.17) is 5.11 Å². The van der Waals surface area contributed by atoms with E-state index in [0.29, 0.717) is 18.7 Å². The highest BCUT2D eigenvalue weighted by Gasteiger charge is 2.44. The van der Waals surface area contributed by atoms with Crippen LogP contribution in [0.1, 0.15) is 41.5 Å². The zero-order valence-corrected chi connectivity index (χ0v) is 21.7. The first-order chi connectivity index (χ1) is 17.4. The highest BCUT2D eigenvalue weighted by Crippen LogP contribution is 2.47. The molecule has 1 amide bonds. The van der Waals surface area contributed by atoms with Gasteiger partial charge in [0, 0.05) is 26.1 Å². The number of hydrogen-bond donors (Lipinski definition) is 1. The van der Waals surface area contributed by atoms with E-state index in [2.05, 4.69) is 81.1 Å². The number of aliphatic hydroxyl groups excluding tert-OH is 1. The minimum absolute atomic E-state index is 0.126. The van der Waals surface area contributed by atoms with Gasteiger partial charge in [-0.25, -0.2) is 0 Å². The predicted molar refractivity (Wildman–Crippen MR) is 147 cm³/mol. The minimum atomic E-state index is -0.126. The molecule has 0 bridgehead atoms. The Bertz CT molecular complexity index is 1210. The van der Waals surface area contributed by atoms with Crippen LogP contribution in [0.25, 0.3) is 5.57 Å². The summed E-state index contributed by atoms with van der Waals surface area (Å²) in [5.41, 5.74) is 7.64. The number of aliphatic hydroxyl groups is 1. The van der Waals surface area contributed by atoms with E-state index in [0.717, 1.165) is 19.1 Å². The van der Waals surface area contributed by atoms with Gasteiger partial charge in [0.1, 0.15) is 0 Å². The molecule has 1 fully saturated rings. The van der Waals surface area contributed by atoms with Crippen molar-refractivity contribution in [3.8, 4) is 6.07 Å². The Labute approximate surface area is 215 Å². The average Bonchev–Trinajstić information content (AvgIpc) is 3.20. The number of nitrogens with zero attached hydrogens (tertiary/aromatic N) is 2. The second-order valence-electron chi connectivity index (χ2n) is 9.43. The molecule has 4 rings (SSSR count). The van der Waals surface area contributed by atoms with Crippen molar-refractivity contribution in [2.45, 2.75) is 33.1 Å².